The van der Waals surface area contributed by atoms with Crippen LogP contribution in [0.3, 0.4) is 0 Å². The molecule has 4 rings (SSSR count). The fourth-order valence-corrected chi connectivity index (χ4v) is 4.62. The number of nitrogens with zero attached hydrogens (tertiary/aromatic N) is 1. The Balaban J connectivity index is 0.000000847. The third-order valence-corrected chi connectivity index (χ3v) is 5.78. The maximum atomic E-state index is 12.6. The Labute approximate surface area is 139 Å². The molecule has 2 aliphatic carbocycles. The van der Waals surface area contributed by atoms with Gasteiger partial charge in [-0.05, 0) is 63.8 Å². The highest BCUT2D eigenvalue weighted by molar-refractivity contribution is 7.75. The van der Waals surface area contributed by atoms with Crippen molar-refractivity contribution < 1.29 is 13.8 Å². The van der Waals surface area contributed by atoms with Gasteiger partial charge in [0, 0.05) is 24.9 Å². The van der Waals surface area contributed by atoms with Gasteiger partial charge >= 0.3 is 0 Å². The zero-order chi connectivity index (χ0) is 16.3. The molecule has 2 saturated carbocycles. The van der Waals surface area contributed by atoms with Crippen LogP contribution in [0, 0.1) is 23.7 Å². The number of fused-ring (bicyclic) bond motifs is 2. The lowest BCUT2D eigenvalue weighted by molar-refractivity contribution is -0.153. The number of carbonyl (C=O) groups excluding carboxylic acids is 2. The number of amides is 1. The van der Waals surface area contributed by atoms with Gasteiger partial charge in [-0.2, -0.15) is 0 Å². The Morgan fingerprint density at radius 3 is 2.05 bits per heavy atom. The van der Waals surface area contributed by atoms with E-state index >= 15 is 0 Å². The van der Waals surface area contributed by atoms with Crippen molar-refractivity contribution in [3.05, 3.63) is 0 Å². The van der Waals surface area contributed by atoms with Gasteiger partial charge in [-0.1, -0.05) is 13.8 Å². The number of hydrogen-bond acceptors (Lipinski definition) is 4. The first-order valence-corrected chi connectivity index (χ1v) is 9.06. The normalized spacial score (nSPS) is 36.7. The van der Waals surface area contributed by atoms with Gasteiger partial charge in [0.25, 0.3) is 0 Å². The lowest BCUT2D eigenvalue weighted by Gasteiger charge is -2.53. The molecule has 2 atom stereocenters. The maximum Gasteiger partial charge on any atom is 0.225 e. The number of ketones is 1. The van der Waals surface area contributed by atoms with Crippen LogP contribution in [-0.2, 0) is 13.8 Å². The fraction of sp³-hybridized carbons (Fsp3) is 0.882. The summed E-state index contributed by atoms with van der Waals surface area (Å²) in [5.74, 6) is 1.85. The number of hydrogen-bond donors (Lipinski definition) is 1. The van der Waals surface area contributed by atoms with Crippen LogP contribution < -0.4 is 0 Å². The smallest absolute Gasteiger partial charge is 0.225 e. The average Bonchev–Trinajstić information content (AvgIpc) is 2.55. The summed E-state index contributed by atoms with van der Waals surface area (Å²) in [6, 6.07) is 0. The monoisotopic (exact) mass is 327 g/mol. The minimum Gasteiger partial charge on any atom is -0.342 e. The zero-order valence-electron chi connectivity index (χ0n) is 14.0. The van der Waals surface area contributed by atoms with Crippen molar-refractivity contribution in [3.8, 4) is 0 Å². The molecule has 0 radical (unpaired) electrons. The second-order valence-electron chi connectivity index (χ2n) is 6.71. The summed E-state index contributed by atoms with van der Waals surface area (Å²) >= 11 is 3.87. The van der Waals surface area contributed by atoms with Gasteiger partial charge in [-0.3, -0.25) is 9.59 Å². The van der Waals surface area contributed by atoms with Crippen LogP contribution in [0.25, 0.3) is 0 Å². The summed E-state index contributed by atoms with van der Waals surface area (Å²) < 4.78 is 5.06. The molecule has 2 unspecified atom stereocenters. The Bertz CT molecular complexity index is 395. The Morgan fingerprint density at radius 2 is 1.59 bits per heavy atom. The second-order valence-corrected chi connectivity index (χ2v) is 6.93. The van der Waals surface area contributed by atoms with E-state index in [0.717, 1.165) is 45.2 Å². The molecule has 5 heteroatoms. The topological polar surface area (TPSA) is 46.6 Å². The van der Waals surface area contributed by atoms with Gasteiger partial charge < -0.3 is 9.08 Å². The third kappa shape index (κ3) is 3.51. The molecule has 0 spiro atoms. The summed E-state index contributed by atoms with van der Waals surface area (Å²) in [5.41, 5.74) is 0. The molecule has 22 heavy (non-hydrogen) atoms. The minimum atomic E-state index is 0.156. The highest BCUT2D eigenvalue weighted by Gasteiger charge is 2.50. The van der Waals surface area contributed by atoms with E-state index in [1.54, 1.807) is 6.92 Å². The standard InChI is InChI=1S/C15H23NO3S.C2H6/c1-9(17)14-11-6-12(14)8-16(7-11)15(18)10-2-4-13(19-20)5-3-10;1-2/h10-14,20H,2-8H2,1H3;1-2H3. The van der Waals surface area contributed by atoms with Crippen LogP contribution in [0.5, 0.6) is 0 Å². The Morgan fingerprint density at radius 1 is 1.05 bits per heavy atom. The van der Waals surface area contributed by atoms with E-state index in [0.29, 0.717) is 23.5 Å². The molecule has 0 aromatic carbocycles. The van der Waals surface area contributed by atoms with Crippen molar-refractivity contribution >= 4 is 24.6 Å². The van der Waals surface area contributed by atoms with Crippen molar-refractivity contribution in [2.45, 2.75) is 59.0 Å². The first kappa shape index (κ1) is 17.8. The van der Waals surface area contributed by atoms with E-state index in [1.165, 1.54) is 0 Å². The number of thiol groups is 1. The molecular weight excluding hydrogens is 298 g/mol. The molecule has 0 aromatic rings. The lowest BCUT2D eigenvalue weighted by Crippen LogP contribution is -2.59. The number of Topliss-reactive ketones (excluding diaryl/α,β-unsaturated/α-hetero) is 1. The minimum absolute atomic E-state index is 0.156. The van der Waals surface area contributed by atoms with Crippen molar-refractivity contribution in [2.24, 2.45) is 23.7 Å². The molecule has 4 fully saturated rings. The van der Waals surface area contributed by atoms with E-state index in [4.69, 9.17) is 4.18 Å². The summed E-state index contributed by atoms with van der Waals surface area (Å²) in [5, 5.41) is 0. The molecule has 4 aliphatic rings. The van der Waals surface area contributed by atoms with Gasteiger partial charge in [0.1, 0.15) is 5.78 Å². The second kappa shape index (κ2) is 7.82. The van der Waals surface area contributed by atoms with Crippen molar-refractivity contribution in [2.75, 3.05) is 13.1 Å². The lowest BCUT2D eigenvalue weighted by atomic mass is 9.60. The Kier molecular flexibility index (Phi) is 6.33. The van der Waals surface area contributed by atoms with E-state index < -0.39 is 0 Å². The van der Waals surface area contributed by atoms with E-state index in [1.807, 2.05) is 18.7 Å². The van der Waals surface area contributed by atoms with Crippen molar-refractivity contribution in [1.29, 1.82) is 0 Å². The highest BCUT2D eigenvalue weighted by Crippen LogP contribution is 2.46. The summed E-state index contributed by atoms with van der Waals surface area (Å²) in [6.07, 6.45) is 5.01. The first-order valence-electron chi connectivity index (χ1n) is 8.69. The summed E-state index contributed by atoms with van der Waals surface area (Å²) in [4.78, 5) is 26.2. The molecule has 2 bridgehead atoms. The first-order chi connectivity index (χ1) is 10.6. The SMILES string of the molecule is CC.CC(=O)C1C2CC1CN(C(=O)C1CCC(OS)CC1)C2. The van der Waals surface area contributed by atoms with Crippen molar-refractivity contribution in [3.63, 3.8) is 0 Å². The van der Waals surface area contributed by atoms with E-state index in [9.17, 15) is 9.59 Å². The zero-order valence-corrected chi connectivity index (χ0v) is 14.9. The predicted molar refractivity (Wildman–Crippen MR) is 89.5 cm³/mol. The number of piperidine rings is 2. The Hall–Kier alpha value is -0.550. The molecule has 1 amide bonds. The van der Waals surface area contributed by atoms with Gasteiger partial charge in [-0.15, -0.1) is 0 Å². The molecule has 2 aliphatic heterocycles. The summed E-state index contributed by atoms with van der Waals surface area (Å²) in [6.45, 7) is 7.28. The molecular formula is C17H29NO3S. The molecule has 2 saturated heterocycles. The van der Waals surface area contributed by atoms with E-state index in [2.05, 4.69) is 12.9 Å². The third-order valence-electron chi connectivity index (χ3n) is 5.48. The molecule has 4 nitrogen and oxygen atoms in total. The van der Waals surface area contributed by atoms with Crippen LogP contribution in [-0.4, -0.2) is 35.8 Å². The number of rotatable bonds is 3. The molecule has 2 heterocycles. The van der Waals surface area contributed by atoms with Gasteiger partial charge in [0.15, 0.2) is 0 Å². The molecule has 0 N–H and O–H groups in total. The van der Waals surface area contributed by atoms with Crippen LogP contribution >= 0.6 is 12.9 Å². The molecule has 0 aromatic heterocycles. The predicted octanol–water partition coefficient (Wildman–Crippen LogP) is 3.12. The van der Waals surface area contributed by atoms with Crippen molar-refractivity contribution in [1.82, 2.24) is 4.90 Å². The molecule has 126 valence electrons. The number of carbonyl (C=O) groups is 2. The van der Waals surface area contributed by atoms with E-state index in [-0.39, 0.29) is 17.9 Å². The van der Waals surface area contributed by atoms with Crippen LogP contribution in [0.15, 0.2) is 0 Å². The average molecular weight is 327 g/mol. The van der Waals surface area contributed by atoms with Crippen LogP contribution in [0.2, 0.25) is 0 Å². The van der Waals surface area contributed by atoms with Gasteiger partial charge in [0.2, 0.25) is 5.91 Å². The van der Waals surface area contributed by atoms with Gasteiger partial charge in [0.05, 0.1) is 6.10 Å². The quantitative estimate of drug-likeness (QED) is 0.640. The van der Waals surface area contributed by atoms with Crippen LogP contribution in [0.4, 0.5) is 0 Å². The summed E-state index contributed by atoms with van der Waals surface area (Å²) in [7, 11) is 0. The van der Waals surface area contributed by atoms with Gasteiger partial charge in [-0.25, -0.2) is 0 Å². The highest BCUT2D eigenvalue weighted by atomic mass is 32.1. The maximum absolute atomic E-state index is 12.6. The van der Waals surface area contributed by atoms with Crippen LogP contribution in [0.1, 0.15) is 52.9 Å². The largest absolute Gasteiger partial charge is 0.342 e. The fourth-order valence-electron chi connectivity index (χ4n) is 4.41.